The molecule has 0 aliphatic carbocycles. The van der Waals surface area contributed by atoms with Gasteiger partial charge in [-0.2, -0.15) is 0 Å². The Balaban J connectivity index is 2.40. The third kappa shape index (κ3) is 3.72. The number of nitrogens with one attached hydrogen (secondary N) is 1. The van der Waals surface area contributed by atoms with Crippen molar-refractivity contribution in [3.05, 3.63) is 58.9 Å². The number of para-hydroxylation sites is 1. The van der Waals surface area contributed by atoms with Crippen molar-refractivity contribution in [1.29, 1.82) is 0 Å². The van der Waals surface area contributed by atoms with Gasteiger partial charge in [-0.15, -0.1) is 0 Å². The molecule has 0 atom stereocenters. The highest BCUT2D eigenvalue weighted by molar-refractivity contribution is 7.92. The third-order valence-corrected chi connectivity index (χ3v) is 4.55. The zero-order chi connectivity index (χ0) is 15.5. The van der Waals surface area contributed by atoms with E-state index in [-0.39, 0.29) is 10.7 Å². The van der Waals surface area contributed by atoms with Gasteiger partial charge in [0.15, 0.2) is 0 Å². The minimum Gasteiger partial charge on any atom is -0.330 e. The molecule has 0 saturated heterocycles. The Bertz CT molecular complexity index is 750. The van der Waals surface area contributed by atoms with Crippen LogP contribution < -0.4 is 10.5 Å². The fraction of sp³-hybridized carbons (Fsp3) is 0.143. The molecule has 0 heterocycles. The second-order valence-corrected chi connectivity index (χ2v) is 6.45. The average Bonchev–Trinajstić information content (AvgIpc) is 2.43. The summed E-state index contributed by atoms with van der Waals surface area (Å²) < 4.78 is 40.7. The summed E-state index contributed by atoms with van der Waals surface area (Å²) in [6, 6.07) is 10.2. The maximum atomic E-state index is 13.8. The molecule has 0 aliphatic rings. The minimum absolute atomic E-state index is 0.197. The summed E-state index contributed by atoms with van der Waals surface area (Å²) in [6.45, 7) is 0.350. The summed E-state index contributed by atoms with van der Waals surface area (Å²) in [4.78, 5) is -0.423. The second kappa shape index (κ2) is 6.43. The van der Waals surface area contributed by atoms with Crippen LogP contribution in [-0.4, -0.2) is 15.0 Å². The average molecular weight is 329 g/mol. The van der Waals surface area contributed by atoms with Crippen LogP contribution in [0.15, 0.2) is 47.4 Å². The molecule has 0 radical (unpaired) electrons. The summed E-state index contributed by atoms with van der Waals surface area (Å²) >= 11 is 5.90. The third-order valence-electron chi connectivity index (χ3n) is 2.84. The van der Waals surface area contributed by atoms with Crippen molar-refractivity contribution in [2.45, 2.75) is 11.3 Å². The van der Waals surface area contributed by atoms with E-state index < -0.39 is 20.7 Å². The number of hydrogen-bond acceptors (Lipinski definition) is 3. The molecule has 0 bridgehead atoms. The van der Waals surface area contributed by atoms with Gasteiger partial charge < -0.3 is 5.73 Å². The molecule has 4 nitrogen and oxygen atoms in total. The molecule has 0 saturated carbocycles. The number of hydrogen-bond donors (Lipinski definition) is 2. The zero-order valence-corrected chi connectivity index (χ0v) is 12.6. The van der Waals surface area contributed by atoms with Crippen molar-refractivity contribution < 1.29 is 12.8 Å². The van der Waals surface area contributed by atoms with Crippen LogP contribution in [0.1, 0.15) is 5.56 Å². The largest absolute Gasteiger partial charge is 0.330 e. The van der Waals surface area contributed by atoms with Crippen molar-refractivity contribution in [2.24, 2.45) is 5.73 Å². The molecular weight excluding hydrogens is 315 g/mol. The highest BCUT2D eigenvalue weighted by Gasteiger charge is 2.20. The molecule has 2 rings (SSSR count). The van der Waals surface area contributed by atoms with Crippen LogP contribution in [0.25, 0.3) is 0 Å². The lowest BCUT2D eigenvalue weighted by Crippen LogP contribution is -2.15. The topological polar surface area (TPSA) is 72.2 Å². The van der Waals surface area contributed by atoms with Crippen molar-refractivity contribution in [3.63, 3.8) is 0 Å². The lowest BCUT2D eigenvalue weighted by Gasteiger charge is -2.11. The fourth-order valence-electron chi connectivity index (χ4n) is 1.82. The Morgan fingerprint density at radius 1 is 1.19 bits per heavy atom. The number of halogens is 2. The molecule has 0 fully saturated rings. The van der Waals surface area contributed by atoms with Gasteiger partial charge in [-0.05, 0) is 42.8 Å². The number of benzene rings is 2. The Kier molecular flexibility index (Phi) is 4.82. The predicted octanol–water partition coefficient (Wildman–Crippen LogP) is 2.78. The Morgan fingerprint density at radius 2 is 1.90 bits per heavy atom. The van der Waals surface area contributed by atoms with Gasteiger partial charge in [-0.25, -0.2) is 12.8 Å². The number of nitrogens with two attached hydrogens (primary N) is 1. The Labute approximate surface area is 127 Å². The maximum Gasteiger partial charge on any atom is 0.264 e. The van der Waals surface area contributed by atoms with E-state index in [0.717, 1.165) is 6.07 Å². The standard InChI is InChI=1S/C14H14ClFN2O2S/c15-11-3-1-2-4-13(11)18-21(19,20)14-9-10(7-8-17)5-6-12(14)16/h1-6,9,18H,7-8,17H2. The molecule has 2 aromatic carbocycles. The minimum atomic E-state index is -4.06. The van der Waals surface area contributed by atoms with Crippen molar-refractivity contribution in [3.8, 4) is 0 Å². The highest BCUT2D eigenvalue weighted by atomic mass is 35.5. The molecule has 112 valence electrons. The van der Waals surface area contributed by atoms with Gasteiger partial charge in [0.25, 0.3) is 10.0 Å². The normalized spacial score (nSPS) is 11.4. The van der Waals surface area contributed by atoms with E-state index in [0.29, 0.717) is 18.5 Å². The van der Waals surface area contributed by atoms with Gasteiger partial charge >= 0.3 is 0 Å². The molecule has 0 spiro atoms. The number of sulfonamides is 1. The van der Waals surface area contributed by atoms with E-state index in [9.17, 15) is 12.8 Å². The summed E-state index contributed by atoms with van der Waals surface area (Å²) in [5, 5.41) is 0.236. The lowest BCUT2D eigenvalue weighted by atomic mass is 10.1. The molecule has 0 aliphatic heterocycles. The van der Waals surface area contributed by atoms with E-state index in [4.69, 9.17) is 17.3 Å². The Hall–Kier alpha value is -1.63. The van der Waals surface area contributed by atoms with E-state index in [2.05, 4.69) is 4.72 Å². The van der Waals surface area contributed by atoms with Crippen molar-refractivity contribution >= 4 is 27.3 Å². The van der Waals surface area contributed by atoms with Crippen LogP contribution in [0.2, 0.25) is 5.02 Å². The quantitative estimate of drug-likeness (QED) is 0.886. The maximum absolute atomic E-state index is 13.8. The molecule has 0 aromatic heterocycles. The fourth-order valence-corrected chi connectivity index (χ4v) is 3.27. The van der Waals surface area contributed by atoms with Crippen LogP contribution in [-0.2, 0) is 16.4 Å². The number of anilines is 1. The van der Waals surface area contributed by atoms with Crippen LogP contribution in [0.5, 0.6) is 0 Å². The molecule has 0 amide bonds. The van der Waals surface area contributed by atoms with Crippen LogP contribution in [0, 0.1) is 5.82 Å². The zero-order valence-electron chi connectivity index (χ0n) is 11.0. The van der Waals surface area contributed by atoms with E-state index >= 15 is 0 Å². The van der Waals surface area contributed by atoms with Gasteiger partial charge in [0.05, 0.1) is 10.7 Å². The first-order valence-electron chi connectivity index (χ1n) is 6.20. The van der Waals surface area contributed by atoms with Crippen molar-refractivity contribution in [1.82, 2.24) is 0 Å². The lowest BCUT2D eigenvalue weighted by molar-refractivity contribution is 0.569. The van der Waals surface area contributed by atoms with Gasteiger partial charge in [0.2, 0.25) is 0 Å². The van der Waals surface area contributed by atoms with Gasteiger partial charge in [0.1, 0.15) is 10.7 Å². The highest BCUT2D eigenvalue weighted by Crippen LogP contribution is 2.25. The van der Waals surface area contributed by atoms with Gasteiger partial charge in [-0.1, -0.05) is 29.8 Å². The van der Waals surface area contributed by atoms with E-state index in [1.54, 1.807) is 18.2 Å². The van der Waals surface area contributed by atoms with Crippen LogP contribution >= 0.6 is 11.6 Å². The monoisotopic (exact) mass is 328 g/mol. The smallest absolute Gasteiger partial charge is 0.264 e. The Morgan fingerprint density at radius 3 is 2.57 bits per heavy atom. The molecule has 0 unspecified atom stereocenters. The summed E-state index contributed by atoms with van der Waals surface area (Å²) in [5.74, 6) is -0.824. The predicted molar refractivity (Wildman–Crippen MR) is 81.4 cm³/mol. The molecule has 21 heavy (non-hydrogen) atoms. The van der Waals surface area contributed by atoms with Gasteiger partial charge in [-0.3, -0.25) is 4.72 Å². The van der Waals surface area contributed by atoms with Crippen LogP contribution in [0.3, 0.4) is 0 Å². The van der Waals surface area contributed by atoms with Gasteiger partial charge in [0, 0.05) is 0 Å². The van der Waals surface area contributed by atoms with E-state index in [1.165, 1.54) is 18.2 Å². The first-order chi connectivity index (χ1) is 9.94. The molecular formula is C14H14ClFN2O2S. The SMILES string of the molecule is NCCc1ccc(F)c(S(=O)(=O)Nc2ccccc2Cl)c1. The summed E-state index contributed by atoms with van der Waals surface area (Å²) in [5.41, 5.74) is 6.27. The summed E-state index contributed by atoms with van der Waals surface area (Å²) in [7, 11) is -4.06. The van der Waals surface area contributed by atoms with Crippen LogP contribution in [0.4, 0.5) is 10.1 Å². The van der Waals surface area contributed by atoms with E-state index in [1.807, 2.05) is 0 Å². The second-order valence-electron chi connectivity index (χ2n) is 4.39. The molecule has 3 N–H and O–H groups in total. The first kappa shape index (κ1) is 15.8. The molecule has 2 aromatic rings. The van der Waals surface area contributed by atoms with Crippen molar-refractivity contribution in [2.75, 3.05) is 11.3 Å². The molecule has 7 heteroatoms. The number of rotatable bonds is 5. The first-order valence-corrected chi connectivity index (χ1v) is 8.06. The summed E-state index contributed by atoms with van der Waals surface area (Å²) in [6.07, 6.45) is 0.467.